The lowest BCUT2D eigenvalue weighted by atomic mass is 9.92. The molecule has 0 amide bonds. The van der Waals surface area contributed by atoms with Gasteiger partial charge in [0, 0.05) is 6.04 Å². The van der Waals surface area contributed by atoms with Gasteiger partial charge < -0.3 is 5.32 Å². The molecule has 0 aliphatic heterocycles. The average molecular weight is 316 g/mol. The molecule has 0 aromatic heterocycles. The second kappa shape index (κ2) is 7.90. The zero-order chi connectivity index (χ0) is 13.5. The molecule has 2 atom stereocenters. The number of hydrogen-bond acceptors (Lipinski definition) is 1. The molecule has 1 rings (SSSR count). The highest BCUT2D eigenvalue weighted by Crippen LogP contribution is 2.20. The summed E-state index contributed by atoms with van der Waals surface area (Å²) >= 11 is 3.24. The van der Waals surface area contributed by atoms with Crippen LogP contribution in [-0.4, -0.2) is 12.6 Å². The minimum Gasteiger partial charge on any atom is -0.314 e. The lowest BCUT2D eigenvalue weighted by Crippen LogP contribution is -2.35. The second-order valence-corrected chi connectivity index (χ2v) is 5.75. The molecule has 18 heavy (non-hydrogen) atoms. The number of halogens is 2. The van der Waals surface area contributed by atoms with Gasteiger partial charge in [-0.25, -0.2) is 4.39 Å². The first-order chi connectivity index (χ1) is 8.58. The summed E-state index contributed by atoms with van der Waals surface area (Å²) in [6.45, 7) is 7.72. The summed E-state index contributed by atoms with van der Waals surface area (Å²) < 4.78 is 13.7. The normalized spacial score (nSPS) is 14.5. The van der Waals surface area contributed by atoms with E-state index in [0.29, 0.717) is 16.4 Å². The summed E-state index contributed by atoms with van der Waals surface area (Å²) in [5.74, 6) is 0.362. The van der Waals surface area contributed by atoms with Gasteiger partial charge in [-0.2, -0.15) is 0 Å². The summed E-state index contributed by atoms with van der Waals surface area (Å²) in [4.78, 5) is 0. The SMILES string of the molecule is CCCNC(CC)C(C)Cc1ccc(F)c(Br)c1. The third kappa shape index (κ3) is 4.69. The zero-order valence-electron chi connectivity index (χ0n) is 11.5. The highest BCUT2D eigenvalue weighted by molar-refractivity contribution is 9.10. The largest absolute Gasteiger partial charge is 0.314 e. The Hall–Kier alpha value is -0.410. The Labute approximate surface area is 118 Å². The fourth-order valence-electron chi connectivity index (χ4n) is 2.26. The molecule has 0 heterocycles. The molecule has 3 heteroatoms. The Morgan fingerprint density at radius 2 is 2.06 bits per heavy atom. The molecule has 102 valence electrons. The molecule has 1 aromatic rings. The molecule has 0 saturated carbocycles. The van der Waals surface area contributed by atoms with E-state index in [4.69, 9.17) is 0 Å². The molecule has 2 unspecified atom stereocenters. The van der Waals surface area contributed by atoms with E-state index in [1.165, 1.54) is 11.6 Å². The van der Waals surface area contributed by atoms with Gasteiger partial charge in [0.05, 0.1) is 4.47 Å². The van der Waals surface area contributed by atoms with Gasteiger partial charge >= 0.3 is 0 Å². The van der Waals surface area contributed by atoms with Crippen molar-refractivity contribution in [3.63, 3.8) is 0 Å². The molecule has 0 bridgehead atoms. The Balaban J connectivity index is 2.61. The van der Waals surface area contributed by atoms with E-state index in [0.717, 1.165) is 25.8 Å². The van der Waals surface area contributed by atoms with Crippen molar-refractivity contribution in [1.29, 1.82) is 0 Å². The van der Waals surface area contributed by atoms with Gasteiger partial charge in [-0.15, -0.1) is 0 Å². The van der Waals surface area contributed by atoms with Gasteiger partial charge in [0.25, 0.3) is 0 Å². The molecule has 1 nitrogen and oxygen atoms in total. The van der Waals surface area contributed by atoms with Gasteiger partial charge in [0.2, 0.25) is 0 Å². The van der Waals surface area contributed by atoms with E-state index in [1.807, 2.05) is 12.1 Å². The predicted molar refractivity (Wildman–Crippen MR) is 79.3 cm³/mol. The molecule has 0 radical (unpaired) electrons. The highest BCUT2D eigenvalue weighted by atomic mass is 79.9. The van der Waals surface area contributed by atoms with E-state index in [9.17, 15) is 4.39 Å². The first-order valence-corrected chi connectivity index (χ1v) is 7.55. The Bertz CT molecular complexity index is 368. The van der Waals surface area contributed by atoms with Crippen molar-refractivity contribution in [3.05, 3.63) is 34.1 Å². The van der Waals surface area contributed by atoms with E-state index in [2.05, 4.69) is 42.0 Å². The number of nitrogens with one attached hydrogen (secondary N) is 1. The third-order valence-corrected chi connectivity index (χ3v) is 3.93. The minimum atomic E-state index is -0.192. The van der Waals surface area contributed by atoms with Gasteiger partial charge in [0.15, 0.2) is 0 Å². The van der Waals surface area contributed by atoms with Crippen LogP contribution in [0.4, 0.5) is 4.39 Å². The summed E-state index contributed by atoms with van der Waals surface area (Å²) in [6.07, 6.45) is 3.27. The standard InChI is InChI=1S/C15H23BrFN/c1-4-8-18-15(5-2)11(3)9-12-6-7-14(17)13(16)10-12/h6-7,10-11,15,18H,4-5,8-9H2,1-3H3. The number of benzene rings is 1. The predicted octanol–water partition coefficient (Wildman–Crippen LogP) is 4.55. The van der Waals surface area contributed by atoms with Crippen LogP contribution < -0.4 is 5.32 Å². The number of rotatable bonds is 7. The summed E-state index contributed by atoms with van der Waals surface area (Å²) in [6, 6.07) is 5.84. The smallest absolute Gasteiger partial charge is 0.137 e. The van der Waals surface area contributed by atoms with Crippen molar-refractivity contribution >= 4 is 15.9 Å². The van der Waals surface area contributed by atoms with Crippen molar-refractivity contribution in [1.82, 2.24) is 5.32 Å². The molecule has 0 aliphatic rings. The minimum absolute atomic E-state index is 0.192. The fourth-order valence-corrected chi connectivity index (χ4v) is 2.68. The third-order valence-electron chi connectivity index (χ3n) is 3.32. The molecule has 0 spiro atoms. The average Bonchev–Trinajstić information content (AvgIpc) is 2.35. The van der Waals surface area contributed by atoms with Crippen LogP contribution in [0.3, 0.4) is 0 Å². The molecular weight excluding hydrogens is 293 g/mol. The van der Waals surface area contributed by atoms with E-state index < -0.39 is 0 Å². The van der Waals surface area contributed by atoms with Crippen molar-refractivity contribution in [2.45, 2.75) is 46.1 Å². The lowest BCUT2D eigenvalue weighted by Gasteiger charge is -2.24. The van der Waals surface area contributed by atoms with Crippen LogP contribution >= 0.6 is 15.9 Å². The van der Waals surface area contributed by atoms with Crippen LogP contribution in [0.1, 0.15) is 39.2 Å². The maximum absolute atomic E-state index is 13.2. The van der Waals surface area contributed by atoms with Gasteiger partial charge in [-0.3, -0.25) is 0 Å². The molecule has 0 aliphatic carbocycles. The molecule has 0 fully saturated rings. The van der Waals surface area contributed by atoms with Crippen LogP contribution in [0.5, 0.6) is 0 Å². The lowest BCUT2D eigenvalue weighted by molar-refractivity contribution is 0.364. The monoisotopic (exact) mass is 315 g/mol. The van der Waals surface area contributed by atoms with Gasteiger partial charge in [-0.1, -0.05) is 26.8 Å². The van der Waals surface area contributed by atoms with Crippen molar-refractivity contribution in [2.75, 3.05) is 6.54 Å². The topological polar surface area (TPSA) is 12.0 Å². The van der Waals surface area contributed by atoms with Gasteiger partial charge in [0.1, 0.15) is 5.82 Å². The van der Waals surface area contributed by atoms with Crippen LogP contribution in [0.25, 0.3) is 0 Å². The fraction of sp³-hybridized carbons (Fsp3) is 0.600. The summed E-state index contributed by atoms with van der Waals surface area (Å²) in [7, 11) is 0. The van der Waals surface area contributed by atoms with Gasteiger partial charge in [-0.05, 0) is 65.4 Å². The van der Waals surface area contributed by atoms with E-state index in [-0.39, 0.29) is 5.82 Å². The van der Waals surface area contributed by atoms with Crippen molar-refractivity contribution < 1.29 is 4.39 Å². The maximum atomic E-state index is 13.2. The molecule has 0 saturated heterocycles. The highest BCUT2D eigenvalue weighted by Gasteiger charge is 2.15. The zero-order valence-corrected chi connectivity index (χ0v) is 13.1. The molecule has 1 N–H and O–H groups in total. The quantitative estimate of drug-likeness (QED) is 0.778. The maximum Gasteiger partial charge on any atom is 0.137 e. The first-order valence-electron chi connectivity index (χ1n) is 6.75. The Morgan fingerprint density at radius 3 is 2.61 bits per heavy atom. The number of hydrogen-bond donors (Lipinski definition) is 1. The Kier molecular flexibility index (Phi) is 6.87. The van der Waals surface area contributed by atoms with Crippen LogP contribution in [0, 0.1) is 11.7 Å². The van der Waals surface area contributed by atoms with E-state index >= 15 is 0 Å². The summed E-state index contributed by atoms with van der Waals surface area (Å²) in [5, 5.41) is 3.58. The van der Waals surface area contributed by atoms with Crippen LogP contribution in [0.15, 0.2) is 22.7 Å². The first kappa shape index (κ1) is 15.6. The van der Waals surface area contributed by atoms with Crippen molar-refractivity contribution in [2.24, 2.45) is 5.92 Å². The molecular formula is C15H23BrFN. The Morgan fingerprint density at radius 1 is 1.33 bits per heavy atom. The van der Waals surface area contributed by atoms with Crippen LogP contribution in [-0.2, 0) is 6.42 Å². The van der Waals surface area contributed by atoms with E-state index in [1.54, 1.807) is 0 Å². The van der Waals surface area contributed by atoms with Crippen molar-refractivity contribution in [3.8, 4) is 0 Å². The second-order valence-electron chi connectivity index (χ2n) is 4.90. The molecule has 1 aromatic carbocycles. The van der Waals surface area contributed by atoms with Crippen LogP contribution in [0.2, 0.25) is 0 Å². The summed E-state index contributed by atoms with van der Waals surface area (Å²) in [5.41, 5.74) is 1.19.